The molecule has 2 heteroatoms. The third-order valence-electron chi connectivity index (χ3n) is 13.4. The molecule has 0 saturated heterocycles. The molecule has 182 valence electrons. The number of rotatable bonds is 5. The van der Waals surface area contributed by atoms with Crippen LogP contribution in [0.3, 0.4) is 0 Å². The SMILES string of the molecule is C=C(CC[C@@H](C)[C@H]1CC[C@@]2(C)[C@@H]3CC[C@H]4C(C)(C)[C@@H](O)CC[C@@]45C[C@@]35CC[C@]12C)N(C)C. The molecule has 0 aromatic heterocycles. The lowest BCUT2D eigenvalue weighted by molar-refractivity contribution is -0.161. The van der Waals surface area contributed by atoms with Gasteiger partial charge in [0.15, 0.2) is 0 Å². The summed E-state index contributed by atoms with van der Waals surface area (Å²) in [5.41, 5.74) is 3.58. The Kier molecular flexibility index (Phi) is 5.10. The Morgan fingerprint density at radius 1 is 0.906 bits per heavy atom. The molecule has 0 heterocycles. The number of nitrogens with zero attached hydrogens (tertiary/aromatic N) is 1. The van der Waals surface area contributed by atoms with Crippen LogP contribution in [0.1, 0.15) is 105 Å². The van der Waals surface area contributed by atoms with Crippen molar-refractivity contribution < 1.29 is 5.11 Å². The van der Waals surface area contributed by atoms with Gasteiger partial charge in [0.1, 0.15) is 0 Å². The molecule has 9 atom stereocenters. The largest absolute Gasteiger partial charge is 0.393 e. The summed E-state index contributed by atoms with van der Waals surface area (Å²) in [5, 5.41) is 10.9. The zero-order valence-corrected chi connectivity index (χ0v) is 22.3. The van der Waals surface area contributed by atoms with Crippen molar-refractivity contribution in [3.63, 3.8) is 0 Å². The van der Waals surface area contributed by atoms with Gasteiger partial charge in [-0.05, 0) is 121 Å². The predicted molar refractivity (Wildman–Crippen MR) is 134 cm³/mol. The zero-order chi connectivity index (χ0) is 23.3. The second-order valence-electron chi connectivity index (χ2n) is 14.5. The Bertz CT molecular complexity index is 786. The highest BCUT2D eigenvalue weighted by Gasteiger charge is 2.82. The molecular formula is C30H51NO. The van der Waals surface area contributed by atoms with Gasteiger partial charge in [0.05, 0.1) is 6.10 Å². The molecule has 5 aliphatic carbocycles. The molecule has 2 spiro atoms. The molecule has 5 rings (SSSR count). The minimum Gasteiger partial charge on any atom is -0.393 e. The number of aliphatic hydroxyl groups is 1. The van der Waals surface area contributed by atoms with Gasteiger partial charge in [-0.3, -0.25) is 0 Å². The molecule has 0 radical (unpaired) electrons. The van der Waals surface area contributed by atoms with E-state index in [1.807, 2.05) is 0 Å². The van der Waals surface area contributed by atoms with Gasteiger partial charge in [-0.2, -0.15) is 0 Å². The summed E-state index contributed by atoms with van der Waals surface area (Å²) in [4.78, 5) is 2.20. The summed E-state index contributed by atoms with van der Waals surface area (Å²) in [5.74, 6) is 3.33. The molecule has 0 aromatic carbocycles. The van der Waals surface area contributed by atoms with E-state index < -0.39 is 0 Å². The van der Waals surface area contributed by atoms with Gasteiger partial charge in [0.2, 0.25) is 0 Å². The maximum atomic E-state index is 10.9. The minimum atomic E-state index is -0.0922. The number of aliphatic hydroxyl groups excluding tert-OH is 1. The van der Waals surface area contributed by atoms with Crippen LogP contribution in [0.2, 0.25) is 0 Å². The Hall–Kier alpha value is -0.500. The van der Waals surface area contributed by atoms with Crippen LogP contribution < -0.4 is 0 Å². The lowest BCUT2D eigenvalue weighted by Crippen LogP contribution is -2.57. The summed E-state index contributed by atoms with van der Waals surface area (Å²) in [6.45, 7) is 17.1. The van der Waals surface area contributed by atoms with E-state index in [1.165, 1.54) is 63.5 Å². The van der Waals surface area contributed by atoms with Gasteiger partial charge in [-0.25, -0.2) is 0 Å². The van der Waals surface area contributed by atoms with Crippen molar-refractivity contribution >= 4 is 0 Å². The standard InChI is InChI=1S/C30H51NO/c1-20(9-10-21(2)31(7)8)22-13-15-28(6)24-12-11-23-26(3,4)25(32)14-16-29(23)19-30(24,29)18-17-27(22,28)5/h20,22-25,32H,2,9-19H2,1,3-8H3/t20-,22-,23+,24+,25+,27-,28+,29-,30+/m1/s1. The van der Waals surface area contributed by atoms with Gasteiger partial charge < -0.3 is 10.0 Å². The first kappa shape index (κ1) is 23.3. The smallest absolute Gasteiger partial charge is 0.0594 e. The maximum absolute atomic E-state index is 10.9. The first-order chi connectivity index (χ1) is 14.9. The van der Waals surface area contributed by atoms with Gasteiger partial charge in [-0.15, -0.1) is 0 Å². The highest BCUT2D eigenvalue weighted by atomic mass is 16.3. The van der Waals surface area contributed by atoms with Crippen molar-refractivity contribution in [1.29, 1.82) is 0 Å². The summed E-state index contributed by atoms with van der Waals surface area (Å²) < 4.78 is 0. The van der Waals surface area contributed by atoms with Gasteiger partial charge >= 0.3 is 0 Å². The molecule has 2 nitrogen and oxygen atoms in total. The average Bonchev–Trinajstić information content (AvgIpc) is 3.31. The molecule has 0 aromatic rings. The molecule has 32 heavy (non-hydrogen) atoms. The first-order valence-corrected chi connectivity index (χ1v) is 13.9. The van der Waals surface area contributed by atoms with Gasteiger partial charge in [0, 0.05) is 19.8 Å². The predicted octanol–water partition coefficient (Wildman–Crippen LogP) is 7.28. The third kappa shape index (κ3) is 2.68. The van der Waals surface area contributed by atoms with E-state index in [-0.39, 0.29) is 11.5 Å². The normalized spacial score (nSPS) is 51.6. The summed E-state index contributed by atoms with van der Waals surface area (Å²) in [7, 11) is 4.27. The van der Waals surface area contributed by atoms with Crippen LogP contribution >= 0.6 is 0 Å². The first-order valence-electron chi connectivity index (χ1n) is 13.9. The van der Waals surface area contributed by atoms with Crippen LogP contribution in [-0.2, 0) is 0 Å². The molecule has 0 amide bonds. The number of hydrogen-bond acceptors (Lipinski definition) is 2. The fourth-order valence-electron chi connectivity index (χ4n) is 11.1. The van der Waals surface area contributed by atoms with E-state index in [0.29, 0.717) is 21.7 Å². The summed E-state index contributed by atoms with van der Waals surface area (Å²) >= 11 is 0. The molecule has 5 fully saturated rings. The second-order valence-corrected chi connectivity index (χ2v) is 14.5. The number of allylic oxidation sites excluding steroid dienone is 1. The topological polar surface area (TPSA) is 23.5 Å². The summed E-state index contributed by atoms with van der Waals surface area (Å²) in [6, 6.07) is 0. The van der Waals surface area contributed by atoms with Crippen LogP contribution in [-0.4, -0.2) is 30.2 Å². The van der Waals surface area contributed by atoms with E-state index in [2.05, 4.69) is 60.2 Å². The Morgan fingerprint density at radius 2 is 1.56 bits per heavy atom. The molecule has 0 aliphatic heterocycles. The Morgan fingerprint density at radius 3 is 2.25 bits per heavy atom. The molecule has 5 aliphatic rings. The third-order valence-corrected chi connectivity index (χ3v) is 13.4. The molecular weight excluding hydrogens is 390 g/mol. The van der Waals surface area contributed by atoms with E-state index in [0.717, 1.165) is 36.5 Å². The van der Waals surface area contributed by atoms with Crippen molar-refractivity contribution in [1.82, 2.24) is 4.90 Å². The van der Waals surface area contributed by atoms with Crippen LogP contribution in [0.4, 0.5) is 0 Å². The monoisotopic (exact) mass is 441 g/mol. The molecule has 5 saturated carbocycles. The maximum Gasteiger partial charge on any atom is 0.0594 e. The van der Waals surface area contributed by atoms with E-state index in [1.54, 1.807) is 0 Å². The summed E-state index contributed by atoms with van der Waals surface area (Å²) in [6.07, 6.45) is 14.8. The van der Waals surface area contributed by atoms with Crippen molar-refractivity contribution in [2.75, 3.05) is 14.1 Å². The fraction of sp³-hybridized carbons (Fsp3) is 0.933. The second kappa shape index (κ2) is 7.02. The van der Waals surface area contributed by atoms with E-state index in [9.17, 15) is 5.11 Å². The van der Waals surface area contributed by atoms with Crippen LogP contribution in [0, 0.1) is 50.7 Å². The zero-order valence-electron chi connectivity index (χ0n) is 22.3. The van der Waals surface area contributed by atoms with Crippen LogP contribution in [0.5, 0.6) is 0 Å². The molecule has 0 bridgehead atoms. The van der Waals surface area contributed by atoms with Crippen molar-refractivity contribution in [3.05, 3.63) is 12.3 Å². The lowest BCUT2D eigenvalue weighted by atomic mass is 9.41. The minimum absolute atomic E-state index is 0.0922. The highest BCUT2D eigenvalue weighted by Crippen LogP contribution is 2.89. The van der Waals surface area contributed by atoms with Gasteiger partial charge in [0.25, 0.3) is 0 Å². The van der Waals surface area contributed by atoms with E-state index in [4.69, 9.17) is 0 Å². The lowest BCUT2D eigenvalue weighted by Gasteiger charge is -2.63. The quantitative estimate of drug-likeness (QED) is 0.484. The number of fused-ring (bicyclic) bond motifs is 2. The Labute approximate surface area is 198 Å². The van der Waals surface area contributed by atoms with Gasteiger partial charge in [-0.1, -0.05) is 41.2 Å². The van der Waals surface area contributed by atoms with Crippen molar-refractivity contribution in [3.8, 4) is 0 Å². The number of hydrogen-bond donors (Lipinski definition) is 1. The van der Waals surface area contributed by atoms with E-state index >= 15 is 0 Å². The molecule has 1 N–H and O–H groups in total. The Balaban J connectivity index is 1.39. The molecule has 0 unspecified atom stereocenters. The average molecular weight is 442 g/mol. The van der Waals surface area contributed by atoms with Crippen molar-refractivity contribution in [2.24, 2.45) is 50.7 Å². The van der Waals surface area contributed by atoms with Crippen molar-refractivity contribution in [2.45, 2.75) is 111 Å². The van der Waals surface area contributed by atoms with Crippen LogP contribution in [0.25, 0.3) is 0 Å². The fourth-order valence-corrected chi connectivity index (χ4v) is 11.1. The van der Waals surface area contributed by atoms with Crippen LogP contribution in [0.15, 0.2) is 12.3 Å². The highest BCUT2D eigenvalue weighted by molar-refractivity contribution is 5.30.